The smallest absolute Gasteiger partial charge is 0.161 e. The first-order chi connectivity index (χ1) is 14.8. The van der Waals surface area contributed by atoms with Gasteiger partial charge in [0.15, 0.2) is 11.7 Å². The second kappa shape index (κ2) is 9.29. The lowest BCUT2D eigenvalue weighted by Crippen LogP contribution is -2.05. The molecule has 0 saturated carbocycles. The Kier molecular flexibility index (Phi) is 6.11. The molecule has 0 aliphatic rings. The molecular weight excluding hydrogens is 390 g/mol. The normalized spacial score (nSPS) is 12.2. The van der Waals surface area contributed by atoms with Crippen molar-refractivity contribution in [3.8, 4) is 11.1 Å². The molecule has 30 heavy (non-hydrogen) atoms. The molecule has 0 atom stereocenters. The Morgan fingerprint density at radius 2 is 1.37 bits per heavy atom. The molecule has 0 heterocycles. The van der Waals surface area contributed by atoms with E-state index in [2.05, 4.69) is 65.2 Å². The van der Waals surface area contributed by atoms with E-state index in [1.54, 1.807) is 0 Å². The molecule has 4 heteroatoms. The summed E-state index contributed by atoms with van der Waals surface area (Å²) in [5.41, 5.74) is 3.97. The zero-order valence-electron chi connectivity index (χ0n) is 16.4. The number of alkyl halides is 1. The molecule has 0 bridgehead atoms. The molecule has 4 rings (SSSR count). The van der Waals surface area contributed by atoms with E-state index in [9.17, 15) is 0 Å². The van der Waals surface area contributed by atoms with E-state index in [4.69, 9.17) is 16.6 Å². The molecule has 146 valence electrons. The number of amidine groups is 2. The van der Waals surface area contributed by atoms with Crippen molar-refractivity contribution >= 4 is 40.8 Å². The summed E-state index contributed by atoms with van der Waals surface area (Å²) < 4.78 is 0. The van der Waals surface area contributed by atoms with Gasteiger partial charge < -0.3 is 0 Å². The topological polar surface area (TPSA) is 37.1 Å². The van der Waals surface area contributed by atoms with Gasteiger partial charge in [-0.2, -0.15) is 0 Å². The van der Waals surface area contributed by atoms with Crippen molar-refractivity contribution in [3.05, 3.63) is 108 Å². The summed E-state index contributed by atoms with van der Waals surface area (Å²) in [4.78, 5) is 13.3. The van der Waals surface area contributed by atoms with Gasteiger partial charge in [-0.05, 0) is 40.7 Å². The molecule has 0 spiro atoms. The van der Waals surface area contributed by atoms with Crippen LogP contribution in [0.2, 0.25) is 0 Å². The molecule has 0 fully saturated rings. The number of hydrogen-bond acceptors (Lipinski definition) is 1. The average molecular weight is 410 g/mol. The van der Waals surface area contributed by atoms with Crippen LogP contribution in [0, 0.1) is 0 Å². The van der Waals surface area contributed by atoms with E-state index >= 15 is 0 Å². The summed E-state index contributed by atoms with van der Waals surface area (Å²) in [7, 11) is 0. The number of fused-ring (bicyclic) bond motifs is 1. The van der Waals surface area contributed by atoms with Gasteiger partial charge in [-0.25, -0.2) is 15.0 Å². The summed E-state index contributed by atoms with van der Waals surface area (Å²) in [6, 6.07) is 32.7. The number of halogens is 1. The van der Waals surface area contributed by atoms with Gasteiger partial charge in [-0.15, -0.1) is 11.6 Å². The number of aliphatic imine (C=N–C) groups is 3. The van der Waals surface area contributed by atoms with Crippen LogP contribution in [-0.4, -0.2) is 24.4 Å². The van der Waals surface area contributed by atoms with Gasteiger partial charge in [-0.1, -0.05) is 84.9 Å². The SMILES string of the molecule is C=NC(=NC(=NCCl)c1ccc2ccccc2c1)c1cccc(-c2ccccc2)c1. The Morgan fingerprint density at radius 1 is 0.667 bits per heavy atom. The van der Waals surface area contributed by atoms with Crippen LogP contribution in [0.4, 0.5) is 0 Å². The van der Waals surface area contributed by atoms with E-state index in [1.165, 1.54) is 0 Å². The van der Waals surface area contributed by atoms with Gasteiger partial charge in [0.25, 0.3) is 0 Å². The Labute approximate surface area is 181 Å². The largest absolute Gasteiger partial charge is 0.250 e. The Balaban J connectivity index is 1.75. The lowest BCUT2D eigenvalue weighted by Gasteiger charge is -2.08. The van der Waals surface area contributed by atoms with Crippen LogP contribution in [0.5, 0.6) is 0 Å². The third kappa shape index (κ3) is 4.37. The first-order valence-electron chi connectivity index (χ1n) is 9.59. The molecule has 0 N–H and O–H groups in total. The second-order valence-corrected chi connectivity index (χ2v) is 6.94. The van der Waals surface area contributed by atoms with Crippen LogP contribution in [0.3, 0.4) is 0 Å². The molecular formula is C26H20ClN3. The van der Waals surface area contributed by atoms with Crippen LogP contribution in [0.15, 0.2) is 112 Å². The van der Waals surface area contributed by atoms with Gasteiger partial charge >= 0.3 is 0 Å². The minimum Gasteiger partial charge on any atom is -0.250 e. The van der Waals surface area contributed by atoms with Crippen LogP contribution in [0.25, 0.3) is 21.9 Å². The van der Waals surface area contributed by atoms with E-state index in [0.717, 1.165) is 33.0 Å². The van der Waals surface area contributed by atoms with Crippen LogP contribution >= 0.6 is 11.6 Å². The summed E-state index contributed by atoms with van der Waals surface area (Å²) >= 11 is 5.94. The molecule has 4 aromatic rings. The predicted molar refractivity (Wildman–Crippen MR) is 129 cm³/mol. The van der Waals surface area contributed by atoms with E-state index in [-0.39, 0.29) is 6.00 Å². The molecule has 0 aromatic heterocycles. The number of benzene rings is 4. The fourth-order valence-corrected chi connectivity index (χ4v) is 3.45. The number of nitrogens with zero attached hydrogens (tertiary/aromatic N) is 3. The van der Waals surface area contributed by atoms with E-state index in [1.807, 2.05) is 48.5 Å². The fraction of sp³-hybridized carbons (Fsp3) is 0.0385. The number of hydrogen-bond donors (Lipinski definition) is 0. The Bertz CT molecular complexity index is 1240. The van der Waals surface area contributed by atoms with Crippen molar-refractivity contribution in [1.29, 1.82) is 0 Å². The average Bonchev–Trinajstić information content (AvgIpc) is 2.82. The highest BCUT2D eigenvalue weighted by atomic mass is 35.5. The molecule has 4 aromatic carbocycles. The third-order valence-corrected chi connectivity index (χ3v) is 4.93. The Morgan fingerprint density at radius 3 is 2.13 bits per heavy atom. The van der Waals surface area contributed by atoms with E-state index < -0.39 is 0 Å². The maximum atomic E-state index is 5.94. The maximum Gasteiger partial charge on any atom is 0.161 e. The molecule has 0 aliphatic carbocycles. The van der Waals surface area contributed by atoms with Crippen molar-refractivity contribution in [2.45, 2.75) is 0 Å². The van der Waals surface area contributed by atoms with Gasteiger partial charge in [0.1, 0.15) is 6.00 Å². The van der Waals surface area contributed by atoms with Crippen molar-refractivity contribution in [3.63, 3.8) is 0 Å². The predicted octanol–water partition coefficient (Wildman–Crippen LogP) is 6.60. The van der Waals surface area contributed by atoms with Crippen molar-refractivity contribution in [2.24, 2.45) is 15.0 Å². The van der Waals surface area contributed by atoms with Gasteiger partial charge in [-0.3, -0.25) is 0 Å². The van der Waals surface area contributed by atoms with Gasteiger partial charge in [0, 0.05) is 11.1 Å². The molecule has 0 unspecified atom stereocenters. The zero-order valence-corrected chi connectivity index (χ0v) is 17.1. The van der Waals surface area contributed by atoms with E-state index in [0.29, 0.717) is 11.7 Å². The van der Waals surface area contributed by atoms with Gasteiger partial charge in [0.05, 0.1) is 0 Å². The summed E-state index contributed by atoms with van der Waals surface area (Å²) in [6.45, 7) is 3.73. The standard InChI is InChI=1S/C26H20ClN3/c1-28-25(23-13-7-12-22(16-23)19-8-3-2-4-9-19)30-26(29-18-27)24-15-14-20-10-5-6-11-21(20)17-24/h2-17H,1,18H2. The molecule has 0 aliphatic heterocycles. The summed E-state index contributed by atoms with van der Waals surface area (Å²) in [5.74, 6) is 1.04. The molecule has 3 nitrogen and oxygen atoms in total. The molecule has 0 amide bonds. The first-order valence-corrected chi connectivity index (χ1v) is 10.1. The minimum atomic E-state index is 0.111. The Hall–Kier alpha value is -3.56. The maximum absolute atomic E-state index is 5.94. The second-order valence-electron chi connectivity index (χ2n) is 6.70. The highest BCUT2D eigenvalue weighted by molar-refractivity contribution is 6.19. The van der Waals surface area contributed by atoms with Crippen molar-refractivity contribution < 1.29 is 0 Å². The fourth-order valence-electron chi connectivity index (χ4n) is 3.34. The minimum absolute atomic E-state index is 0.111. The first kappa shape index (κ1) is 19.7. The third-order valence-electron chi connectivity index (χ3n) is 4.81. The lowest BCUT2D eigenvalue weighted by molar-refractivity contribution is 1.32. The number of rotatable bonds is 4. The van der Waals surface area contributed by atoms with Crippen molar-refractivity contribution in [1.82, 2.24) is 0 Å². The van der Waals surface area contributed by atoms with Crippen LogP contribution in [0.1, 0.15) is 11.1 Å². The quantitative estimate of drug-likeness (QED) is 0.158. The van der Waals surface area contributed by atoms with Crippen LogP contribution < -0.4 is 0 Å². The molecule has 0 saturated heterocycles. The van der Waals surface area contributed by atoms with Gasteiger partial charge in [0.2, 0.25) is 0 Å². The van der Waals surface area contributed by atoms with Crippen LogP contribution in [-0.2, 0) is 0 Å². The lowest BCUT2D eigenvalue weighted by atomic mass is 10.0. The summed E-state index contributed by atoms with van der Waals surface area (Å²) in [5, 5.41) is 2.28. The highest BCUT2D eigenvalue weighted by Gasteiger charge is 2.09. The van der Waals surface area contributed by atoms with Crippen molar-refractivity contribution in [2.75, 3.05) is 6.00 Å². The monoisotopic (exact) mass is 409 g/mol. The zero-order chi connectivity index (χ0) is 20.8. The highest BCUT2D eigenvalue weighted by Crippen LogP contribution is 2.21. The molecule has 0 radical (unpaired) electrons. The summed E-state index contributed by atoms with van der Waals surface area (Å²) in [6.07, 6.45) is 0.